The monoisotopic (exact) mass is 482 g/mol. The van der Waals surface area contributed by atoms with Crippen molar-refractivity contribution in [3.8, 4) is 0 Å². The fraction of sp³-hybridized carbons (Fsp3) is 0.360. The average molecular weight is 483 g/mol. The summed E-state index contributed by atoms with van der Waals surface area (Å²) >= 11 is 0. The summed E-state index contributed by atoms with van der Waals surface area (Å²) in [6.07, 6.45) is 2.15. The zero-order valence-corrected chi connectivity index (χ0v) is 20.3. The third-order valence-electron chi connectivity index (χ3n) is 6.18. The number of carbonyl (C=O) groups is 2. The van der Waals surface area contributed by atoms with Crippen molar-refractivity contribution in [2.75, 3.05) is 32.0 Å². The molecular formula is C25H30N4O4S. The van der Waals surface area contributed by atoms with Gasteiger partial charge in [0.15, 0.2) is 0 Å². The molecule has 2 amide bonds. The van der Waals surface area contributed by atoms with E-state index in [-0.39, 0.29) is 23.1 Å². The van der Waals surface area contributed by atoms with Crippen LogP contribution in [0.15, 0.2) is 54.2 Å². The van der Waals surface area contributed by atoms with Crippen molar-refractivity contribution in [2.24, 2.45) is 0 Å². The average Bonchev–Trinajstić information content (AvgIpc) is 3.02. The van der Waals surface area contributed by atoms with Crippen LogP contribution in [-0.4, -0.2) is 56.1 Å². The Kier molecular flexibility index (Phi) is 7.04. The van der Waals surface area contributed by atoms with Crippen LogP contribution in [0.4, 0.5) is 5.69 Å². The number of benzene rings is 2. The molecule has 8 nitrogen and oxygen atoms in total. The first-order valence-electron chi connectivity index (χ1n) is 11.5. The molecule has 0 aliphatic carbocycles. The maximum atomic E-state index is 13.4. The second-order valence-corrected chi connectivity index (χ2v) is 10.3. The number of hydrogen-bond acceptors (Lipinski definition) is 6. The van der Waals surface area contributed by atoms with Gasteiger partial charge in [0.1, 0.15) is 10.6 Å². The Morgan fingerprint density at radius 3 is 2.56 bits per heavy atom. The van der Waals surface area contributed by atoms with Gasteiger partial charge in [-0.05, 0) is 41.7 Å². The Balaban J connectivity index is 1.65. The fourth-order valence-electron chi connectivity index (χ4n) is 4.34. The lowest BCUT2D eigenvalue weighted by Gasteiger charge is -2.28. The minimum absolute atomic E-state index is 0.0173. The summed E-state index contributed by atoms with van der Waals surface area (Å²) in [5.41, 5.74) is 3.48. The number of amides is 2. The van der Waals surface area contributed by atoms with Gasteiger partial charge in [0, 0.05) is 32.4 Å². The van der Waals surface area contributed by atoms with Gasteiger partial charge in [-0.1, -0.05) is 49.7 Å². The second kappa shape index (κ2) is 9.99. The van der Waals surface area contributed by atoms with Crippen molar-refractivity contribution in [1.82, 2.24) is 14.5 Å². The first kappa shape index (κ1) is 24.0. The third-order valence-corrected chi connectivity index (χ3v) is 8.06. The van der Waals surface area contributed by atoms with E-state index in [1.165, 1.54) is 0 Å². The maximum Gasteiger partial charge on any atom is 0.285 e. The van der Waals surface area contributed by atoms with Crippen LogP contribution in [0.5, 0.6) is 0 Å². The van der Waals surface area contributed by atoms with E-state index >= 15 is 0 Å². The molecule has 2 heterocycles. The molecule has 34 heavy (non-hydrogen) atoms. The predicted octanol–water partition coefficient (Wildman–Crippen LogP) is 2.54. The van der Waals surface area contributed by atoms with Crippen molar-refractivity contribution in [3.05, 3.63) is 70.9 Å². The SMILES string of the molecule is CCCCN1C(=O)C(Nc2ccc3c(c2)CCN(CC(=O)NC)C3)=C(c2ccccc2)S1(=O)=O. The first-order valence-corrected chi connectivity index (χ1v) is 13.0. The molecule has 2 N–H and O–H groups in total. The van der Waals surface area contributed by atoms with Gasteiger partial charge in [0.2, 0.25) is 5.91 Å². The standard InChI is InChI=1S/C25H30N4O4S/c1-3-4-13-29-25(31)23(24(34(29,32)33)18-8-6-5-7-9-18)27-21-11-10-20-16-28(17-22(30)26-2)14-12-19(20)15-21/h5-11,15,27H,3-4,12-14,16-17H2,1-2H3,(H,26,30). The zero-order valence-electron chi connectivity index (χ0n) is 19.5. The number of nitrogens with one attached hydrogen (secondary N) is 2. The zero-order chi connectivity index (χ0) is 24.3. The van der Waals surface area contributed by atoms with Crippen LogP contribution < -0.4 is 10.6 Å². The summed E-state index contributed by atoms with van der Waals surface area (Å²) in [6.45, 7) is 3.88. The van der Waals surface area contributed by atoms with Gasteiger partial charge in [0.25, 0.3) is 15.9 Å². The predicted molar refractivity (Wildman–Crippen MR) is 132 cm³/mol. The highest BCUT2D eigenvalue weighted by atomic mass is 32.2. The topological polar surface area (TPSA) is 98.8 Å². The van der Waals surface area contributed by atoms with E-state index in [0.29, 0.717) is 30.8 Å². The maximum absolute atomic E-state index is 13.4. The van der Waals surface area contributed by atoms with Crippen molar-refractivity contribution >= 4 is 32.4 Å². The van der Waals surface area contributed by atoms with E-state index in [2.05, 4.69) is 15.5 Å². The van der Waals surface area contributed by atoms with Crippen LogP contribution in [0.25, 0.3) is 4.91 Å². The minimum atomic E-state index is -3.95. The van der Waals surface area contributed by atoms with Crippen molar-refractivity contribution in [1.29, 1.82) is 0 Å². The third kappa shape index (κ3) is 4.71. The quantitative estimate of drug-likeness (QED) is 0.600. The molecule has 2 aromatic carbocycles. The summed E-state index contributed by atoms with van der Waals surface area (Å²) in [5.74, 6) is -0.544. The number of fused-ring (bicyclic) bond motifs is 1. The van der Waals surface area contributed by atoms with E-state index in [1.807, 2.05) is 31.2 Å². The molecule has 0 spiro atoms. The van der Waals surface area contributed by atoms with Gasteiger partial charge in [0.05, 0.1) is 6.54 Å². The Labute approximate surface area is 200 Å². The molecule has 0 fully saturated rings. The highest BCUT2D eigenvalue weighted by Gasteiger charge is 2.44. The molecular weight excluding hydrogens is 452 g/mol. The molecule has 0 aromatic heterocycles. The number of unbranched alkanes of at least 4 members (excludes halogenated alkanes) is 1. The largest absolute Gasteiger partial charge is 0.358 e. The van der Waals surface area contributed by atoms with E-state index in [9.17, 15) is 18.0 Å². The Morgan fingerprint density at radius 2 is 1.85 bits per heavy atom. The number of likely N-dealkylation sites (N-methyl/N-ethyl adjacent to an activating group) is 1. The molecule has 0 radical (unpaired) electrons. The summed E-state index contributed by atoms with van der Waals surface area (Å²) in [6, 6.07) is 14.5. The number of hydrogen-bond donors (Lipinski definition) is 2. The molecule has 0 saturated heterocycles. The van der Waals surface area contributed by atoms with Crippen LogP contribution in [0.3, 0.4) is 0 Å². The number of anilines is 1. The van der Waals surface area contributed by atoms with Crippen molar-refractivity contribution < 1.29 is 18.0 Å². The molecule has 2 aromatic rings. The van der Waals surface area contributed by atoms with Crippen LogP contribution in [0.1, 0.15) is 36.5 Å². The van der Waals surface area contributed by atoms with Crippen LogP contribution >= 0.6 is 0 Å². The molecule has 2 aliphatic heterocycles. The van der Waals surface area contributed by atoms with Gasteiger partial charge in [-0.2, -0.15) is 0 Å². The van der Waals surface area contributed by atoms with Crippen LogP contribution in [-0.2, 0) is 32.6 Å². The van der Waals surface area contributed by atoms with Crippen molar-refractivity contribution in [2.45, 2.75) is 32.7 Å². The number of rotatable bonds is 8. The first-order chi connectivity index (χ1) is 16.3. The molecule has 4 rings (SSSR count). The van der Waals surface area contributed by atoms with Gasteiger partial charge in [-0.25, -0.2) is 12.7 Å². The molecule has 0 unspecified atom stereocenters. The fourth-order valence-corrected chi connectivity index (χ4v) is 6.07. The van der Waals surface area contributed by atoms with E-state index in [4.69, 9.17) is 0 Å². The van der Waals surface area contributed by atoms with E-state index in [0.717, 1.165) is 34.8 Å². The van der Waals surface area contributed by atoms with Crippen LogP contribution in [0.2, 0.25) is 0 Å². The summed E-state index contributed by atoms with van der Waals surface area (Å²) < 4.78 is 27.7. The molecule has 180 valence electrons. The Morgan fingerprint density at radius 1 is 1.09 bits per heavy atom. The summed E-state index contributed by atoms with van der Waals surface area (Å²) in [7, 11) is -2.32. The lowest BCUT2D eigenvalue weighted by atomic mass is 9.99. The number of carbonyl (C=O) groups excluding carboxylic acids is 2. The lowest BCUT2D eigenvalue weighted by Crippen LogP contribution is -2.38. The number of nitrogens with zero attached hydrogens (tertiary/aromatic N) is 2. The molecule has 0 bridgehead atoms. The molecule has 0 atom stereocenters. The summed E-state index contributed by atoms with van der Waals surface area (Å²) in [5, 5.41) is 5.79. The Bertz CT molecular complexity index is 1220. The highest BCUT2D eigenvalue weighted by molar-refractivity contribution is 7.99. The summed E-state index contributed by atoms with van der Waals surface area (Å²) in [4.78, 5) is 27.1. The minimum Gasteiger partial charge on any atom is -0.358 e. The van der Waals surface area contributed by atoms with Gasteiger partial charge in [-0.15, -0.1) is 0 Å². The van der Waals surface area contributed by atoms with Gasteiger partial charge < -0.3 is 10.6 Å². The smallest absolute Gasteiger partial charge is 0.285 e. The Hall–Kier alpha value is -3.17. The van der Waals surface area contributed by atoms with E-state index < -0.39 is 15.9 Å². The van der Waals surface area contributed by atoms with Crippen molar-refractivity contribution in [3.63, 3.8) is 0 Å². The molecule has 0 saturated carbocycles. The lowest BCUT2D eigenvalue weighted by molar-refractivity contribution is -0.122. The molecule has 9 heteroatoms. The van der Waals surface area contributed by atoms with E-state index in [1.54, 1.807) is 31.3 Å². The second-order valence-electron chi connectivity index (χ2n) is 8.55. The normalized spacial score (nSPS) is 17.6. The van der Waals surface area contributed by atoms with Gasteiger partial charge in [-0.3, -0.25) is 14.5 Å². The van der Waals surface area contributed by atoms with Crippen LogP contribution in [0, 0.1) is 0 Å². The highest BCUT2D eigenvalue weighted by Crippen LogP contribution is 2.36. The van der Waals surface area contributed by atoms with Gasteiger partial charge >= 0.3 is 0 Å². The molecule has 2 aliphatic rings. The number of sulfonamides is 1.